The Balaban J connectivity index is 2.31. The zero-order valence-corrected chi connectivity index (χ0v) is 10.0. The van der Waals surface area contributed by atoms with Gasteiger partial charge in [-0.25, -0.2) is 0 Å². The molecule has 0 aliphatic carbocycles. The standard InChI is InChI=1S/C11H16F3NO3/c1-18-6-10(5-16)9(17)7-2-3-15(10)4-8(7)11(12,13)14/h7-8,16H,2-6H2,1H3/t7-,8+,10-/m0/s1. The molecule has 3 rings (SSSR count). The molecule has 0 amide bonds. The highest BCUT2D eigenvalue weighted by Crippen LogP contribution is 2.46. The van der Waals surface area contributed by atoms with Crippen molar-refractivity contribution in [2.45, 2.75) is 18.1 Å². The van der Waals surface area contributed by atoms with Gasteiger partial charge in [0, 0.05) is 19.6 Å². The van der Waals surface area contributed by atoms with E-state index in [1.807, 2.05) is 0 Å². The molecule has 0 saturated carbocycles. The number of Topliss-reactive ketones (excluding diaryl/α,β-unsaturated/α-hetero) is 1. The summed E-state index contributed by atoms with van der Waals surface area (Å²) in [4.78, 5) is 13.6. The minimum Gasteiger partial charge on any atom is -0.394 e. The van der Waals surface area contributed by atoms with E-state index in [0.29, 0.717) is 6.54 Å². The van der Waals surface area contributed by atoms with Crippen LogP contribution in [0.3, 0.4) is 0 Å². The molecule has 3 aliphatic heterocycles. The van der Waals surface area contributed by atoms with Crippen molar-refractivity contribution < 1.29 is 27.8 Å². The minimum atomic E-state index is -4.37. The second-order valence-corrected chi connectivity index (χ2v) is 4.98. The lowest BCUT2D eigenvalue weighted by atomic mass is 9.68. The van der Waals surface area contributed by atoms with Crippen molar-refractivity contribution in [1.29, 1.82) is 0 Å². The van der Waals surface area contributed by atoms with Gasteiger partial charge < -0.3 is 9.84 Å². The molecule has 7 heteroatoms. The van der Waals surface area contributed by atoms with Crippen LogP contribution in [0.4, 0.5) is 13.2 Å². The molecular formula is C11H16F3NO3. The highest BCUT2D eigenvalue weighted by Gasteiger charge is 2.62. The first-order chi connectivity index (χ1) is 8.36. The number of rotatable bonds is 3. The van der Waals surface area contributed by atoms with Crippen LogP contribution in [0.5, 0.6) is 0 Å². The first-order valence-corrected chi connectivity index (χ1v) is 5.82. The molecule has 18 heavy (non-hydrogen) atoms. The summed E-state index contributed by atoms with van der Waals surface area (Å²) in [6.07, 6.45) is -4.16. The lowest BCUT2D eigenvalue weighted by molar-refractivity contribution is -0.229. The lowest BCUT2D eigenvalue weighted by Gasteiger charge is -2.54. The molecule has 0 aromatic heterocycles. The molecule has 4 atom stereocenters. The van der Waals surface area contributed by atoms with E-state index in [1.54, 1.807) is 0 Å². The average Bonchev–Trinajstić information content (AvgIpc) is 2.32. The van der Waals surface area contributed by atoms with E-state index in [1.165, 1.54) is 12.0 Å². The fourth-order valence-corrected chi connectivity index (χ4v) is 3.11. The second-order valence-electron chi connectivity index (χ2n) is 4.98. The number of carbonyl (C=O) groups excluding carboxylic acids is 1. The van der Waals surface area contributed by atoms with Gasteiger partial charge in [0.1, 0.15) is 5.54 Å². The average molecular weight is 267 g/mol. The van der Waals surface area contributed by atoms with E-state index >= 15 is 0 Å². The number of methoxy groups -OCH3 is 1. The fraction of sp³-hybridized carbons (Fsp3) is 0.909. The molecule has 0 radical (unpaired) electrons. The van der Waals surface area contributed by atoms with Gasteiger partial charge in [-0.2, -0.15) is 13.2 Å². The molecule has 0 aromatic carbocycles. The minimum absolute atomic E-state index is 0.0661. The highest BCUT2D eigenvalue weighted by molar-refractivity contribution is 5.92. The van der Waals surface area contributed by atoms with Crippen molar-refractivity contribution in [2.75, 3.05) is 33.4 Å². The Morgan fingerprint density at radius 1 is 1.56 bits per heavy atom. The van der Waals surface area contributed by atoms with E-state index in [4.69, 9.17) is 4.74 Å². The number of piperidine rings is 3. The summed E-state index contributed by atoms with van der Waals surface area (Å²) in [5.74, 6) is -3.20. The van der Waals surface area contributed by atoms with Gasteiger partial charge in [-0.3, -0.25) is 9.69 Å². The van der Waals surface area contributed by atoms with Crippen LogP contribution < -0.4 is 0 Å². The van der Waals surface area contributed by atoms with Gasteiger partial charge in [0.05, 0.1) is 19.1 Å². The van der Waals surface area contributed by atoms with Crippen molar-refractivity contribution in [2.24, 2.45) is 11.8 Å². The Morgan fingerprint density at radius 3 is 2.67 bits per heavy atom. The van der Waals surface area contributed by atoms with Crippen LogP contribution in [0, 0.1) is 11.8 Å². The predicted molar refractivity (Wildman–Crippen MR) is 55.9 cm³/mol. The van der Waals surface area contributed by atoms with Crippen LogP contribution in [0.1, 0.15) is 6.42 Å². The number of aliphatic hydroxyl groups is 1. The van der Waals surface area contributed by atoms with Crippen molar-refractivity contribution >= 4 is 5.78 Å². The molecule has 0 spiro atoms. The van der Waals surface area contributed by atoms with E-state index in [2.05, 4.69) is 0 Å². The summed E-state index contributed by atoms with van der Waals surface area (Å²) in [5.41, 5.74) is -1.28. The molecule has 4 nitrogen and oxygen atoms in total. The maximum atomic E-state index is 12.8. The molecule has 3 fully saturated rings. The Kier molecular flexibility index (Phi) is 3.42. The van der Waals surface area contributed by atoms with Crippen LogP contribution >= 0.6 is 0 Å². The smallest absolute Gasteiger partial charge is 0.393 e. The van der Waals surface area contributed by atoms with Crippen molar-refractivity contribution in [3.05, 3.63) is 0 Å². The summed E-state index contributed by atoms with van der Waals surface area (Å²) < 4.78 is 43.4. The third kappa shape index (κ3) is 1.85. The molecule has 3 aliphatic rings. The Bertz CT molecular complexity index is 347. The molecule has 3 saturated heterocycles. The van der Waals surface area contributed by atoms with Gasteiger partial charge in [0.15, 0.2) is 5.78 Å². The molecule has 2 bridgehead atoms. The topological polar surface area (TPSA) is 49.8 Å². The summed E-state index contributed by atoms with van der Waals surface area (Å²) in [5, 5.41) is 9.43. The first kappa shape index (κ1) is 13.8. The van der Waals surface area contributed by atoms with Crippen LogP contribution in [0.2, 0.25) is 0 Å². The number of ketones is 1. The zero-order valence-electron chi connectivity index (χ0n) is 10.0. The number of carbonyl (C=O) groups is 1. The number of alkyl halides is 3. The maximum Gasteiger partial charge on any atom is 0.393 e. The van der Waals surface area contributed by atoms with Gasteiger partial charge in [-0.15, -0.1) is 0 Å². The third-order valence-electron chi connectivity index (χ3n) is 4.08. The molecular weight excluding hydrogens is 251 g/mol. The van der Waals surface area contributed by atoms with Crippen LogP contribution in [0.15, 0.2) is 0 Å². The van der Waals surface area contributed by atoms with Crippen molar-refractivity contribution in [1.82, 2.24) is 4.90 Å². The number of halogens is 3. The van der Waals surface area contributed by atoms with Crippen LogP contribution in [-0.4, -0.2) is 60.9 Å². The summed E-state index contributed by atoms with van der Waals surface area (Å²) in [7, 11) is 1.37. The molecule has 3 heterocycles. The van der Waals surface area contributed by atoms with Crippen molar-refractivity contribution in [3.8, 4) is 0 Å². The Labute approximate surface area is 103 Å². The van der Waals surface area contributed by atoms with Gasteiger partial charge in [0.2, 0.25) is 0 Å². The Hall–Kier alpha value is -0.660. The Morgan fingerprint density at radius 2 is 2.22 bits per heavy atom. The molecule has 1 unspecified atom stereocenters. The monoisotopic (exact) mass is 267 g/mol. The largest absolute Gasteiger partial charge is 0.394 e. The predicted octanol–water partition coefficient (Wildman–Crippen LogP) is 0.447. The molecule has 104 valence electrons. The van der Waals surface area contributed by atoms with Crippen LogP contribution in [-0.2, 0) is 9.53 Å². The zero-order chi connectivity index (χ0) is 13.6. The first-order valence-electron chi connectivity index (χ1n) is 5.82. The summed E-state index contributed by atoms with van der Waals surface area (Å²) in [6.45, 7) is -0.402. The quantitative estimate of drug-likeness (QED) is 0.806. The maximum absolute atomic E-state index is 12.8. The number of nitrogens with zero attached hydrogens (tertiary/aromatic N) is 1. The number of aliphatic hydroxyl groups excluding tert-OH is 1. The van der Waals surface area contributed by atoms with E-state index in [0.717, 1.165) is 0 Å². The molecule has 1 N–H and O–H groups in total. The van der Waals surface area contributed by atoms with Gasteiger partial charge in [-0.1, -0.05) is 0 Å². The lowest BCUT2D eigenvalue weighted by Crippen LogP contribution is -2.72. The van der Waals surface area contributed by atoms with E-state index in [-0.39, 0.29) is 19.6 Å². The van der Waals surface area contributed by atoms with E-state index in [9.17, 15) is 23.1 Å². The van der Waals surface area contributed by atoms with Crippen molar-refractivity contribution in [3.63, 3.8) is 0 Å². The third-order valence-corrected chi connectivity index (χ3v) is 4.08. The number of ether oxygens (including phenoxy) is 1. The second kappa shape index (κ2) is 4.47. The summed E-state index contributed by atoms with van der Waals surface area (Å²) in [6, 6.07) is 0. The van der Waals surface area contributed by atoms with Gasteiger partial charge in [0.25, 0.3) is 0 Å². The summed E-state index contributed by atoms with van der Waals surface area (Å²) >= 11 is 0. The van der Waals surface area contributed by atoms with Gasteiger partial charge in [-0.05, 0) is 13.0 Å². The highest BCUT2D eigenvalue weighted by atomic mass is 19.4. The van der Waals surface area contributed by atoms with Crippen LogP contribution in [0.25, 0.3) is 0 Å². The van der Waals surface area contributed by atoms with Gasteiger partial charge >= 0.3 is 6.18 Å². The number of hydrogen-bond acceptors (Lipinski definition) is 4. The SMILES string of the molecule is COC[C@@]1(CO)C(=O)[C@H]2CCN1C[C@H]2C(F)(F)F. The number of fused-ring (bicyclic) bond motifs is 3. The molecule has 0 aromatic rings. The van der Waals surface area contributed by atoms with E-state index < -0.39 is 35.9 Å². The normalized spacial score (nSPS) is 40.3. The fourth-order valence-electron chi connectivity index (χ4n) is 3.11. The number of hydrogen-bond donors (Lipinski definition) is 1.